The number of ether oxygens (including phenoxy) is 2. The highest BCUT2D eigenvalue weighted by molar-refractivity contribution is 5.94. The summed E-state index contributed by atoms with van der Waals surface area (Å²) in [5.74, 6) is 1.52. The molecule has 5 aromatic rings. The minimum absolute atomic E-state index is 0.169. The summed E-state index contributed by atoms with van der Waals surface area (Å²) in [5.41, 5.74) is 4.87. The predicted molar refractivity (Wildman–Crippen MR) is 145 cm³/mol. The second kappa shape index (κ2) is 9.78. The quantitative estimate of drug-likeness (QED) is 0.348. The lowest BCUT2D eigenvalue weighted by Crippen LogP contribution is -2.51. The van der Waals surface area contributed by atoms with Crippen molar-refractivity contribution in [3.63, 3.8) is 0 Å². The normalized spacial score (nSPS) is 17.8. The number of pyridine rings is 1. The van der Waals surface area contributed by atoms with Crippen molar-refractivity contribution in [1.82, 2.24) is 30.0 Å². The van der Waals surface area contributed by atoms with Crippen LogP contribution in [0.1, 0.15) is 12.5 Å². The van der Waals surface area contributed by atoms with Gasteiger partial charge >= 0.3 is 0 Å². The van der Waals surface area contributed by atoms with Crippen molar-refractivity contribution < 1.29 is 9.47 Å². The molecule has 0 radical (unpaired) electrons. The average molecular weight is 509 g/mol. The number of anilines is 1. The van der Waals surface area contributed by atoms with Crippen LogP contribution in [0.5, 0.6) is 11.6 Å². The van der Waals surface area contributed by atoms with Gasteiger partial charge in [-0.05, 0) is 63.5 Å². The highest BCUT2D eigenvalue weighted by Crippen LogP contribution is 2.32. The number of morpholine rings is 1. The molecule has 1 saturated heterocycles. The Morgan fingerprint density at radius 1 is 1.18 bits per heavy atom. The molecule has 2 atom stereocenters. The molecule has 1 aliphatic rings. The zero-order chi connectivity index (χ0) is 26.2. The summed E-state index contributed by atoms with van der Waals surface area (Å²) in [7, 11) is 4.14. The van der Waals surface area contributed by atoms with E-state index in [0.717, 1.165) is 46.4 Å². The Balaban J connectivity index is 1.27. The topological polar surface area (TPSA) is 119 Å². The zero-order valence-electron chi connectivity index (χ0n) is 21.5. The second-order valence-electron chi connectivity index (χ2n) is 9.86. The maximum atomic E-state index is 9.30. The van der Waals surface area contributed by atoms with Gasteiger partial charge in [-0.1, -0.05) is 0 Å². The lowest BCUT2D eigenvalue weighted by atomic mass is 10.1. The van der Waals surface area contributed by atoms with E-state index in [-0.39, 0.29) is 18.0 Å². The molecule has 1 fully saturated rings. The van der Waals surface area contributed by atoms with Crippen LogP contribution >= 0.6 is 0 Å². The molecule has 192 valence electrons. The van der Waals surface area contributed by atoms with Gasteiger partial charge in [-0.3, -0.25) is 5.10 Å². The molecule has 38 heavy (non-hydrogen) atoms. The monoisotopic (exact) mass is 508 g/mol. The van der Waals surface area contributed by atoms with Crippen molar-refractivity contribution in [2.75, 3.05) is 38.7 Å². The fraction of sp³-hybridized carbons (Fsp3) is 0.286. The Hall–Kier alpha value is -4.46. The second-order valence-corrected chi connectivity index (χ2v) is 9.86. The van der Waals surface area contributed by atoms with Crippen molar-refractivity contribution >= 4 is 27.6 Å². The van der Waals surface area contributed by atoms with Gasteiger partial charge in [0.15, 0.2) is 5.82 Å². The number of rotatable bonds is 6. The molecule has 4 heterocycles. The van der Waals surface area contributed by atoms with E-state index in [1.807, 2.05) is 24.3 Å². The van der Waals surface area contributed by atoms with Crippen LogP contribution in [0.3, 0.4) is 0 Å². The molecule has 0 aliphatic carbocycles. The van der Waals surface area contributed by atoms with E-state index in [9.17, 15) is 5.26 Å². The number of aromatic amines is 2. The maximum absolute atomic E-state index is 9.30. The molecule has 10 nitrogen and oxygen atoms in total. The number of hydrogen-bond acceptors (Lipinski definition) is 8. The largest absolute Gasteiger partial charge is 0.438 e. The molecule has 0 spiro atoms. The van der Waals surface area contributed by atoms with E-state index >= 15 is 0 Å². The van der Waals surface area contributed by atoms with E-state index in [2.05, 4.69) is 69.2 Å². The summed E-state index contributed by atoms with van der Waals surface area (Å²) in [6, 6.07) is 17.7. The van der Waals surface area contributed by atoms with Gasteiger partial charge in [0.25, 0.3) is 0 Å². The number of nitriles is 1. The van der Waals surface area contributed by atoms with Crippen molar-refractivity contribution in [2.24, 2.45) is 0 Å². The smallest absolute Gasteiger partial charge is 0.237 e. The standard InChI is InChI=1S/C28H28N8O2/c1-17-16-37-21(14-35(2)3)15-36(17)19-6-9-23-25(11-19)32-27(31-23)26-22-8-7-20(12-24(22)33-34-26)38-28-18(13-29)5-4-10-30-28/h4-12,17,21H,14-16H2,1-3H3,(H,31,32)(H,33,34). The molecule has 2 unspecified atom stereocenters. The molecule has 3 aromatic heterocycles. The molecule has 0 amide bonds. The Kier molecular flexibility index (Phi) is 6.15. The van der Waals surface area contributed by atoms with Crippen LogP contribution in [0.15, 0.2) is 54.7 Å². The van der Waals surface area contributed by atoms with Crippen LogP contribution in [-0.2, 0) is 4.74 Å². The molecule has 1 aliphatic heterocycles. The number of benzene rings is 2. The van der Waals surface area contributed by atoms with E-state index in [1.54, 1.807) is 18.3 Å². The van der Waals surface area contributed by atoms with E-state index in [4.69, 9.17) is 14.5 Å². The molecular weight excluding hydrogens is 480 g/mol. The summed E-state index contributed by atoms with van der Waals surface area (Å²) in [6.07, 6.45) is 1.76. The van der Waals surface area contributed by atoms with E-state index in [1.165, 1.54) is 0 Å². The molecule has 6 rings (SSSR count). The van der Waals surface area contributed by atoms with Gasteiger partial charge in [0, 0.05) is 42.5 Å². The predicted octanol–water partition coefficient (Wildman–Crippen LogP) is 4.32. The van der Waals surface area contributed by atoms with Crippen molar-refractivity contribution in [2.45, 2.75) is 19.1 Å². The molecule has 0 saturated carbocycles. The fourth-order valence-electron chi connectivity index (χ4n) is 4.89. The first-order chi connectivity index (χ1) is 18.5. The highest BCUT2D eigenvalue weighted by Gasteiger charge is 2.27. The van der Waals surface area contributed by atoms with Crippen LogP contribution in [0.4, 0.5) is 5.69 Å². The zero-order valence-corrected chi connectivity index (χ0v) is 21.5. The number of likely N-dealkylation sites (N-methyl/N-ethyl adjacent to an activating group) is 1. The number of nitrogens with zero attached hydrogens (tertiary/aromatic N) is 6. The van der Waals surface area contributed by atoms with Gasteiger partial charge in [0.05, 0.1) is 29.3 Å². The molecular formula is C28H28N8O2. The third kappa shape index (κ3) is 4.53. The number of hydrogen-bond donors (Lipinski definition) is 2. The first-order valence-corrected chi connectivity index (χ1v) is 12.5. The Labute approximate surface area is 219 Å². The summed E-state index contributed by atoms with van der Waals surface area (Å²) in [5, 5.41) is 17.8. The molecule has 10 heteroatoms. The first kappa shape index (κ1) is 23.9. The first-order valence-electron chi connectivity index (χ1n) is 12.5. The summed E-state index contributed by atoms with van der Waals surface area (Å²) in [6.45, 7) is 4.62. The average Bonchev–Trinajstić information content (AvgIpc) is 3.53. The lowest BCUT2D eigenvalue weighted by molar-refractivity contribution is 0.00880. The van der Waals surface area contributed by atoms with Crippen LogP contribution < -0.4 is 9.64 Å². The van der Waals surface area contributed by atoms with Gasteiger partial charge in [-0.25, -0.2) is 9.97 Å². The number of H-pyrrole nitrogens is 2. The van der Waals surface area contributed by atoms with Gasteiger partial charge < -0.3 is 24.3 Å². The Bertz CT molecular complexity index is 1650. The number of aromatic nitrogens is 5. The number of imidazole rings is 1. The van der Waals surface area contributed by atoms with Crippen LogP contribution in [0, 0.1) is 11.3 Å². The van der Waals surface area contributed by atoms with Crippen LogP contribution in [-0.4, -0.2) is 76.0 Å². The van der Waals surface area contributed by atoms with E-state index in [0.29, 0.717) is 23.7 Å². The van der Waals surface area contributed by atoms with Gasteiger partial charge in [0.2, 0.25) is 5.88 Å². The van der Waals surface area contributed by atoms with Gasteiger partial charge in [0.1, 0.15) is 23.1 Å². The third-order valence-corrected chi connectivity index (χ3v) is 6.74. The van der Waals surface area contributed by atoms with Gasteiger partial charge in [-0.15, -0.1) is 0 Å². The Morgan fingerprint density at radius 2 is 2.08 bits per heavy atom. The molecule has 2 N–H and O–H groups in total. The minimum Gasteiger partial charge on any atom is -0.438 e. The van der Waals surface area contributed by atoms with Crippen molar-refractivity contribution in [3.8, 4) is 29.2 Å². The summed E-state index contributed by atoms with van der Waals surface area (Å²) < 4.78 is 11.9. The molecule has 0 bridgehead atoms. The summed E-state index contributed by atoms with van der Waals surface area (Å²) in [4.78, 5) is 17.0. The Morgan fingerprint density at radius 3 is 2.92 bits per heavy atom. The summed E-state index contributed by atoms with van der Waals surface area (Å²) >= 11 is 0. The number of fused-ring (bicyclic) bond motifs is 2. The minimum atomic E-state index is 0.169. The molecule has 2 aromatic carbocycles. The van der Waals surface area contributed by atoms with Crippen molar-refractivity contribution in [1.29, 1.82) is 5.26 Å². The van der Waals surface area contributed by atoms with Crippen molar-refractivity contribution in [3.05, 3.63) is 60.3 Å². The third-order valence-electron chi connectivity index (χ3n) is 6.74. The number of nitrogens with one attached hydrogen (secondary N) is 2. The van der Waals surface area contributed by atoms with Crippen LogP contribution in [0.2, 0.25) is 0 Å². The highest BCUT2D eigenvalue weighted by atomic mass is 16.5. The lowest BCUT2D eigenvalue weighted by Gasteiger charge is -2.40. The van der Waals surface area contributed by atoms with Crippen LogP contribution in [0.25, 0.3) is 33.5 Å². The fourth-order valence-corrected chi connectivity index (χ4v) is 4.89. The van der Waals surface area contributed by atoms with Gasteiger partial charge in [-0.2, -0.15) is 10.4 Å². The maximum Gasteiger partial charge on any atom is 0.237 e. The SMILES string of the molecule is CC1COC(CN(C)C)CN1c1ccc2nc(-c3n[nH]c4cc(Oc5ncccc5C#N)ccc34)[nH]c2c1. The van der Waals surface area contributed by atoms with E-state index < -0.39 is 0 Å².